The lowest BCUT2D eigenvalue weighted by Gasteiger charge is -2.33. The van der Waals surface area contributed by atoms with Gasteiger partial charge in [0.05, 0.1) is 0 Å². The zero-order valence-electron chi connectivity index (χ0n) is 20.8. The van der Waals surface area contributed by atoms with Crippen molar-refractivity contribution in [3.8, 4) is 5.75 Å². The lowest BCUT2D eigenvalue weighted by atomic mass is 10.0. The highest BCUT2D eigenvalue weighted by Crippen LogP contribution is 2.19. The van der Waals surface area contributed by atoms with Gasteiger partial charge in [-0.3, -0.25) is 9.59 Å². The number of ether oxygens (including phenoxy) is 1. The van der Waals surface area contributed by atoms with Gasteiger partial charge < -0.3 is 15.0 Å². The summed E-state index contributed by atoms with van der Waals surface area (Å²) in [7, 11) is 0. The maximum atomic E-state index is 13.6. The van der Waals surface area contributed by atoms with Crippen LogP contribution in [0.15, 0.2) is 78.9 Å². The summed E-state index contributed by atoms with van der Waals surface area (Å²) in [6.07, 6.45) is 0.386. The summed E-state index contributed by atoms with van der Waals surface area (Å²) in [6.45, 7) is 7.88. The van der Waals surface area contributed by atoms with Crippen LogP contribution in [0.25, 0.3) is 0 Å². The Morgan fingerprint density at radius 1 is 0.943 bits per heavy atom. The van der Waals surface area contributed by atoms with Crippen LogP contribution >= 0.6 is 11.6 Å². The fourth-order valence-corrected chi connectivity index (χ4v) is 3.86. The molecule has 3 aromatic carbocycles. The summed E-state index contributed by atoms with van der Waals surface area (Å²) < 4.78 is 5.76. The topological polar surface area (TPSA) is 58.6 Å². The van der Waals surface area contributed by atoms with Crippen LogP contribution in [0.2, 0.25) is 5.02 Å². The van der Waals surface area contributed by atoms with E-state index in [1.807, 2.05) is 82.3 Å². The Balaban J connectivity index is 1.92. The Morgan fingerprint density at radius 2 is 1.63 bits per heavy atom. The molecular weight excluding hydrogens is 460 g/mol. The quantitative estimate of drug-likeness (QED) is 0.424. The third-order valence-electron chi connectivity index (χ3n) is 5.40. The zero-order valence-corrected chi connectivity index (χ0v) is 21.5. The molecule has 0 bridgehead atoms. The van der Waals surface area contributed by atoms with Crippen LogP contribution in [0.1, 0.15) is 37.5 Å². The van der Waals surface area contributed by atoms with E-state index in [0.29, 0.717) is 17.2 Å². The molecule has 0 fully saturated rings. The average Bonchev–Trinajstić information content (AvgIpc) is 2.80. The lowest BCUT2D eigenvalue weighted by molar-refractivity contribution is -0.143. The van der Waals surface area contributed by atoms with Crippen molar-refractivity contribution in [2.24, 2.45) is 0 Å². The van der Waals surface area contributed by atoms with Gasteiger partial charge in [-0.05, 0) is 57.0 Å². The van der Waals surface area contributed by atoms with Crippen LogP contribution in [0.3, 0.4) is 0 Å². The van der Waals surface area contributed by atoms with E-state index in [2.05, 4.69) is 5.32 Å². The van der Waals surface area contributed by atoms with E-state index < -0.39 is 11.6 Å². The van der Waals surface area contributed by atoms with E-state index in [-0.39, 0.29) is 25.0 Å². The van der Waals surface area contributed by atoms with E-state index in [1.54, 1.807) is 29.2 Å². The first kappa shape index (κ1) is 26.3. The molecule has 0 unspecified atom stereocenters. The highest BCUT2D eigenvalue weighted by Gasteiger charge is 2.32. The lowest BCUT2D eigenvalue weighted by Crippen LogP contribution is -2.55. The van der Waals surface area contributed by atoms with Gasteiger partial charge in [0.1, 0.15) is 11.8 Å². The molecule has 0 saturated heterocycles. The van der Waals surface area contributed by atoms with Crippen LogP contribution in [0.5, 0.6) is 5.75 Å². The first-order valence-electron chi connectivity index (χ1n) is 11.7. The van der Waals surface area contributed by atoms with Gasteiger partial charge in [-0.25, -0.2) is 0 Å². The average molecular weight is 493 g/mol. The Kier molecular flexibility index (Phi) is 8.94. The smallest absolute Gasteiger partial charge is 0.261 e. The van der Waals surface area contributed by atoms with Gasteiger partial charge in [0.25, 0.3) is 5.91 Å². The first-order valence-corrected chi connectivity index (χ1v) is 12.1. The zero-order chi connectivity index (χ0) is 25.4. The van der Waals surface area contributed by atoms with Gasteiger partial charge in [-0.2, -0.15) is 0 Å². The van der Waals surface area contributed by atoms with Crippen molar-refractivity contribution in [3.63, 3.8) is 0 Å². The Labute approximate surface area is 213 Å². The van der Waals surface area contributed by atoms with Crippen molar-refractivity contribution in [2.75, 3.05) is 6.61 Å². The van der Waals surface area contributed by atoms with Crippen molar-refractivity contribution in [1.29, 1.82) is 0 Å². The fourth-order valence-electron chi connectivity index (χ4n) is 3.68. The minimum absolute atomic E-state index is 0.204. The minimum Gasteiger partial charge on any atom is -0.484 e. The Hall–Kier alpha value is -3.31. The van der Waals surface area contributed by atoms with Crippen LogP contribution in [0.4, 0.5) is 0 Å². The summed E-state index contributed by atoms with van der Waals surface area (Å²) in [5.74, 6) is 0.0139. The number of amides is 2. The molecule has 3 aromatic rings. The number of aryl methyl sites for hydroxylation is 1. The van der Waals surface area contributed by atoms with E-state index in [4.69, 9.17) is 16.3 Å². The van der Waals surface area contributed by atoms with Crippen LogP contribution < -0.4 is 10.1 Å². The largest absolute Gasteiger partial charge is 0.484 e. The molecule has 0 aliphatic carbocycles. The van der Waals surface area contributed by atoms with Crippen molar-refractivity contribution >= 4 is 23.4 Å². The number of hydrogen-bond donors (Lipinski definition) is 1. The highest BCUT2D eigenvalue weighted by molar-refractivity contribution is 6.30. The molecule has 35 heavy (non-hydrogen) atoms. The van der Waals surface area contributed by atoms with E-state index in [0.717, 1.165) is 16.7 Å². The summed E-state index contributed by atoms with van der Waals surface area (Å²) in [4.78, 5) is 28.7. The monoisotopic (exact) mass is 492 g/mol. The SMILES string of the molecule is Cc1ccc(CN(C(=O)COc2cccc(Cl)c2)[C@@H](Cc2ccccc2)C(=O)NC(C)(C)C)cc1. The second-order valence-electron chi connectivity index (χ2n) is 9.70. The fraction of sp³-hybridized carbons (Fsp3) is 0.310. The van der Waals surface area contributed by atoms with E-state index in [1.165, 1.54) is 0 Å². The molecule has 1 atom stereocenters. The van der Waals surface area contributed by atoms with Crippen molar-refractivity contribution in [1.82, 2.24) is 10.2 Å². The second-order valence-corrected chi connectivity index (χ2v) is 10.1. The molecule has 0 spiro atoms. The third-order valence-corrected chi connectivity index (χ3v) is 5.64. The van der Waals surface area contributed by atoms with Gasteiger partial charge in [-0.1, -0.05) is 77.8 Å². The van der Waals surface area contributed by atoms with Gasteiger partial charge in [0, 0.05) is 23.5 Å². The van der Waals surface area contributed by atoms with Crippen molar-refractivity contribution in [3.05, 3.63) is 101 Å². The van der Waals surface area contributed by atoms with E-state index in [9.17, 15) is 9.59 Å². The Bertz CT molecular complexity index is 1120. The summed E-state index contributed by atoms with van der Waals surface area (Å²) in [5.41, 5.74) is 2.59. The predicted molar refractivity (Wildman–Crippen MR) is 141 cm³/mol. The van der Waals surface area contributed by atoms with Crippen molar-refractivity contribution < 1.29 is 14.3 Å². The number of nitrogens with one attached hydrogen (secondary N) is 1. The van der Waals surface area contributed by atoms with Crippen LogP contribution in [0, 0.1) is 6.92 Å². The van der Waals surface area contributed by atoms with Gasteiger partial charge >= 0.3 is 0 Å². The maximum absolute atomic E-state index is 13.6. The summed E-state index contributed by atoms with van der Waals surface area (Å²) >= 11 is 6.06. The number of carbonyl (C=O) groups is 2. The molecule has 5 nitrogen and oxygen atoms in total. The van der Waals surface area contributed by atoms with Gasteiger partial charge in [0.15, 0.2) is 6.61 Å². The third kappa shape index (κ3) is 8.45. The molecule has 3 rings (SSSR count). The number of benzene rings is 3. The number of rotatable bonds is 9. The molecule has 6 heteroatoms. The molecule has 0 aromatic heterocycles. The number of nitrogens with zero attached hydrogens (tertiary/aromatic N) is 1. The molecule has 2 amide bonds. The van der Waals surface area contributed by atoms with Crippen LogP contribution in [-0.4, -0.2) is 34.9 Å². The number of carbonyl (C=O) groups excluding carboxylic acids is 2. The number of hydrogen-bond acceptors (Lipinski definition) is 3. The Morgan fingerprint density at radius 3 is 2.26 bits per heavy atom. The maximum Gasteiger partial charge on any atom is 0.261 e. The normalized spacial score (nSPS) is 12.0. The molecule has 0 radical (unpaired) electrons. The summed E-state index contributed by atoms with van der Waals surface area (Å²) in [5, 5.41) is 3.59. The van der Waals surface area contributed by atoms with Crippen LogP contribution in [-0.2, 0) is 22.6 Å². The molecule has 0 heterocycles. The first-order chi connectivity index (χ1) is 16.6. The molecular formula is C29H33ClN2O3. The molecule has 0 saturated carbocycles. The van der Waals surface area contributed by atoms with Crippen molar-refractivity contribution in [2.45, 2.75) is 52.2 Å². The van der Waals surface area contributed by atoms with Gasteiger partial charge in [-0.15, -0.1) is 0 Å². The standard InChI is InChI=1S/C29H33ClN2O3/c1-21-13-15-23(16-14-21)19-32(27(33)20-35-25-12-8-11-24(30)18-25)26(28(34)31-29(2,3)4)17-22-9-6-5-7-10-22/h5-16,18,26H,17,19-20H2,1-4H3,(H,31,34)/t26-/m0/s1. The molecule has 0 aliphatic rings. The summed E-state index contributed by atoms with van der Waals surface area (Å²) in [6, 6.07) is 23.9. The number of halogens is 1. The second kappa shape index (κ2) is 11.9. The molecule has 0 aliphatic heterocycles. The molecule has 184 valence electrons. The molecule has 1 N–H and O–H groups in total. The van der Waals surface area contributed by atoms with E-state index >= 15 is 0 Å². The highest BCUT2D eigenvalue weighted by atomic mass is 35.5. The minimum atomic E-state index is -0.714. The predicted octanol–water partition coefficient (Wildman–Crippen LogP) is 5.58. The van der Waals surface area contributed by atoms with Gasteiger partial charge in [0.2, 0.25) is 5.91 Å².